The molecule has 3 heterocycles. The molecule has 0 saturated carbocycles. The summed E-state index contributed by atoms with van der Waals surface area (Å²) >= 11 is 1.66. The maximum atomic E-state index is 12.7. The molecule has 0 N–H and O–H groups in total. The maximum Gasteiger partial charge on any atom is 0.253 e. The van der Waals surface area contributed by atoms with Crippen LogP contribution in [0.3, 0.4) is 0 Å². The highest BCUT2D eigenvalue weighted by Gasteiger charge is 2.23. The largest absolute Gasteiger partial charge is 0.352 e. The Morgan fingerprint density at radius 1 is 1.00 bits per heavy atom. The minimum atomic E-state index is 0.104. The minimum absolute atomic E-state index is 0.104. The van der Waals surface area contributed by atoms with Crippen molar-refractivity contribution >= 4 is 23.1 Å². The van der Waals surface area contributed by atoms with Gasteiger partial charge in [-0.1, -0.05) is 23.8 Å². The Labute approximate surface area is 156 Å². The summed E-state index contributed by atoms with van der Waals surface area (Å²) in [5.74, 6) is 0.973. The number of benzene rings is 1. The van der Waals surface area contributed by atoms with E-state index in [1.807, 2.05) is 65.7 Å². The van der Waals surface area contributed by atoms with Gasteiger partial charge in [-0.3, -0.25) is 4.79 Å². The zero-order valence-corrected chi connectivity index (χ0v) is 15.4. The molecule has 0 atom stereocenters. The molecule has 1 fully saturated rings. The lowest BCUT2D eigenvalue weighted by Crippen LogP contribution is -2.49. The fraction of sp³-hybridized carbons (Fsp3) is 0.250. The molecular formula is C20H20N4OS. The van der Waals surface area contributed by atoms with E-state index in [0.29, 0.717) is 13.1 Å². The van der Waals surface area contributed by atoms with Crippen molar-refractivity contribution in [2.45, 2.75) is 6.92 Å². The van der Waals surface area contributed by atoms with E-state index in [1.54, 1.807) is 11.3 Å². The molecule has 3 aromatic rings. The number of carbonyl (C=O) groups excluding carboxylic acids is 1. The quantitative estimate of drug-likeness (QED) is 0.714. The first kappa shape index (κ1) is 16.7. The molecular weight excluding hydrogens is 344 g/mol. The molecule has 132 valence electrons. The number of amides is 1. The van der Waals surface area contributed by atoms with Gasteiger partial charge in [0, 0.05) is 31.7 Å². The van der Waals surface area contributed by atoms with Gasteiger partial charge < -0.3 is 9.80 Å². The van der Waals surface area contributed by atoms with Crippen LogP contribution >= 0.6 is 11.3 Å². The number of nitrogens with zero attached hydrogens (tertiary/aromatic N) is 4. The van der Waals surface area contributed by atoms with E-state index in [-0.39, 0.29) is 5.91 Å². The molecule has 0 unspecified atom stereocenters. The van der Waals surface area contributed by atoms with E-state index in [2.05, 4.69) is 15.1 Å². The molecule has 1 aromatic carbocycles. The Kier molecular flexibility index (Phi) is 4.67. The highest BCUT2D eigenvalue weighted by Crippen LogP contribution is 2.23. The molecule has 1 saturated heterocycles. The van der Waals surface area contributed by atoms with Crippen molar-refractivity contribution in [2.75, 3.05) is 31.1 Å². The summed E-state index contributed by atoms with van der Waals surface area (Å²) in [6.07, 6.45) is 0. The van der Waals surface area contributed by atoms with E-state index < -0.39 is 0 Å². The van der Waals surface area contributed by atoms with Crippen LogP contribution < -0.4 is 4.90 Å². The standard InChI is InChI=1S/C20H20N4OS/c1-15-4-2-5-16(14-15)20(25)24-11-9-23(10-12-24)19-8-7-17(21-22-19)18-6-3-13-26-18/h2-8,13-14H,9-12H2,1H3. The Morgan fingerprint density at radius 2 is 1.85 bits per heavy atom. The highest BCUT2D eigenvalue weighted by atomic mass is 32.1. The average Bonchev–Trinajstić information content (AvgIpc) is 3.23. The third-order valence-electron chi connectivity index (χ3n) is 4.58. The maximum absolute atomic E-state index is 12.7. The number of hydrogen-bond acceptors (Lipinski definition) is 5. The van der Waals surface area contributed by atoms with Gasteiger partial charge in [0.25, 0.3) is 5.91 Å². The molecule has 0 radical (unpaired) electrons. The van der Waals surface area contributed by atoms with Crippen LogP contribution in [0.4, 0.5) is 5.82 Å². The van der Waals surface area contributed by atoms with Crippen molar-refractivity contribution in [2.24, 2.45) is 0 Å². The molecule has 0 bridgehead atoms. The van der Waals surface area contributed by atoms with Gasteiger partial charge in [-0.25, -0.2) is 0 Å². The van der Waals surface area contributed by atoms with Crippen molar-refractivity contribution in [1.82, 2.24) is 15.1 Å². The second-order valence-electron chi connectivity index (χ2n) is 6.40. The lowest BCUT2D eigenvalue weighted by Gasteiger charge is -2.35. The zero-order valence-electron chi connectivity index (χ0n) is 14.6. The lowest BCUT2D eigenvalue weighted by atomic mass is 10.1. The van der Waals surface area contributed by atoms with Crippen LogP contribution in [-0.4, -0.2) is 47.2 Å². The Bertz CT molecular complexity index is 884. The first-order valence-corrected chi connectivity index (χ1v) is 9.57. The normalized spacial score (nSPS) is 14.5. The van der Waals surface area contributed by atoms with Crippen LogP contribution in [0.25, 0.3) is 10.6 Å². The van der Waals surface area contributed by atoms with Crippen LogP contribution in [0, 0.1) is 6.92 Å². The lowest BCUT2D eigenvalue weighted by molar-refractivity contribution is 0.0746. The van der Waals surface area contributed by atoms with Crippen LogP contribution in [-0.2, 0) is 0 Å². The number of piperazine rings is 1. The van der Waals surface area contributed by atoms with Gasteiger partial charge in [0.05, 0.1) is 4.88 Å². The summed E-state index contributed by atoms with van der Waals surface area (Å²) in [7, 11) is 0. The topological polar surface area (TPSA) is 49.3 Å². The van der Waals surface area contributed by atoms with Gasteiger partial charge >= 0.3 is 0 Å². The third-order valence-corrected chi connectivity index (χ3v) is 5.47. The highest BCUT2D eigenvalue weighted by molar-refractivity contribution is 7.13. The van der Waals surface area contributed by atoms with E-state index in [4.69, 9.17) is 0 Å². The number of thiophene rings is 1. The minimum Gasteiger partial charge on any atom is -0.352 e. The van der Waals surface area contributed by atoms with Crippen molar-refractivity contribution < 1.29 is 4.79 Å². The fourth-order valence-corrected chi connectivity index (χ4v) is 3.84. The summed E-state index contributed by atoms with van der Waals surface area (Å²) in [5.41, 5.74) is 2.77. The van der Waals surface area contributed by atoms with Gasteiger partial charge in [0.2, 0.25) is 0 Å². The van der Waals surface area contributed by atoms with E-state index >= 15 is 0 Å². The zero-order chi connectivity index (χ0) is 17.9. The molecule has 26 heavy (non-hydrogen) atoms. The van der Waals surface area contributed by atoms with Gasteiger partial charge in [-0.05, 0) is 42.6 Å². The van der Waals surface area contributed by atoms with Gasteiger partial charge in [0.1, 0.15) is 5.69 Å². The summed E-state index contributed by atoms with van der Waals surface area (Å²) in [6.45, 7) is 4.94. The van der Waals surface area contributed by atoms with Gasteiger partial charge in [0.15, 0.2) is 5.82 Å². The predicted molar refractivity (Wildman–Crippen MR) is 105 cm³/mol. The summed E-state index contributed by atoms with van der Waals surface area (Å²) in [4.78, 5) is 17.9. The smallest absolute Gasteiger partial charge is 0.253 e. The van der Waals surface area contributed by atoms with Crippen LogP contribution in [0.15, 0.2) is 53.9 Å². The first-order valence-electron chi connectivity index (χ1n) is 8.69. The Balaban J connectivity index is 1.39. The molecule has 0 aliphatic carbocycles. The number of hydrogen-bond donors (Lipinski definition) is 0. The molecule has 5 nitrogen and oxygen atoms in total. The third kappa shape index (κ3) is 3.46. The number of aromatic nitrogens is 2. The predicted octanol–water partition coefficient (Wildman–Crippen LogP) is 3.48. The van der Waals surface area contributed by atoms with E-state index in [9.17, 15) is 4.79 Å². The molecule has 1 aliphatic rings. The van der Waals surface area contributed by atoms with Crippen LogP contribution in [0.1, 0.15) is 15.9 Å². The molecule has 6 heteroatoms. The summed E-state index contributed by atoms with van der Waals surface area (Å²) in [5, 5.41) is 10.8. The summed E-state index contributed by atoms with van der Waals surface area (Å²) in [6, 6.07) is 15.9. The molecule has 0 spiro atoms. The fourth-order valence-electron chi connectivity index (χ4n) is 3.15. The molecule has 4 rings (SSSR count). The van der Waals surface area contributed by atoms with Crippen molar-refractivity contribution in [3.8, 4) is 10.6 Å². The molecule has 1 aliphatic heterocycles. The molecule has 1 amide bonds. The second kappa shape index (κ2) is 7.25. The monoisotopic (exact) mass is 364 g/mol. The van der Waals surface area contributed by atoms with Crippen molar-refractivity contribution in [1.29, 1.82) is 0 Å². The van der Waals surface area contributed by atoms with E-state index in [1.165, 1.54) is 0 Å². The van der Waals surface area contributed by atoms with Crippen LogP contribution in [0.5, 0.6) is 0 Å². The van der Waals surface area contributed by atoms with Gasteiger partial charge in [-0.2, -0.15) is 0 Å². The molecule has 2 aromatic heterocycles. The van der Waals surface area contributed by atoms with Crippen LogP contribution in [0.2, 0.25) is 0 Å². The summed E-state index contributed by atoms with van der Waals surface area (Å²) < 4.78 is 0. The first-order chi connectivity index (χ1) is 12.7. The number of carbonyl (C=O) groups is 1. The SMILES string of the molecule is Cc1cccc(C(=O)N2CCN(c3ccc(-c4cccs4)nn3)CC2)c1. The van der Waals surface area contributed by atoms with Gasteiger partial charge in [-0.15, -0.1) is 21.5 Å². The Morgan fingerprint density at radius 3 is 2.50 bits per heavy atom. The van der Waals surface area contributed by atoms with E-state index in [0.717, 1.165) is 40.6 Å². The van der Waals surface area contributed by atoms with Crippen molar-refractivity contribution in [3.63, 3.8) is 0 Å². The Hall–Kier alpha value is -2.73. The second-order valence-corrected chi connectivity index (χ2v) is 7.35. The van der Waals surface area contributed by atoms with Crippen molar-refractivity contribution in [3.05, 3.63) is 65.0 Å². The number of rotatable bonds is 3. The number of aryl methyl sites for hydroxylation is 1. The number of anilines is 1. The average molecular weight is 364 g/mol.